The predicted molar refractivity (Wildman–Crippen MR) is 83.2 cm³/mol. The molecule has 0 aromatic heterocycles. The molecule has 21 heavy (non-hydrogen) atoms. The second-order valence-corrected chi connectivity index (χ2v) is 6.82. The SMILES string of the molecule is Cc1ccc(S(=O)(=O)N/N=C/c2cccc(Br)c2F)cc1. The quantitative estimate of drug-likeness (QED) is 0.663. The van der Waals surface area contributed by atoms with Crippen LogP contribution >= 0.6 is 15.9 Å². The molecule has 2 aromatic rings. The molecule has 0 spiro atoms. The number of hydrazone groups is 1. The van der Waals surface area contributed by atoms with Crippen molar-refractivity contribution in [2.75, 3.05) is 0 Å². The van der Waals surface area contributed by atoms with Crippen LogP contribution in [0.4, 0.5) is 4.39 Å². The molecule has 0 bridgehead atoms. The van der Waals surface area contributed by atoms with Crippen molar-refractivity contribution in [3.63, 3.8) is 0 Å². The third kappa shape index (κ3) is 3.89. The Labute approximate surface area is 130 Å². The average molecular weight is 371 g/mol. The van der Waals surface area contributed by atoms with Gasteiger partial charge in [0.05, 0.1) is 15.6 Å². The van der Waals surface area contributed by atoms with E-state index in [1.165, 1.54) is 18.2 Å². The monoisotopic (exact) mass is 370 g/mol. The summed E-state index contributed by atoms with van der Waals surface area (Å²) in [6.45, 7) is 1.86. The number of nitrogens with zero attached hydrogens (tertiary/aromatic N) is 1. The highest BCUT2D eigenvalue weighted by Crippen LogP contribution is 2.17. The van der Waals surface area contributed by atoms with Gasteiger partial charge >= 0.3 is 0 Å². The van der Waals surface area contributed by atoms with Crippen molar-refractivity contribution in [1.29, 1.82) is 0 Å². The number of hydrogen-bond acceptors (Lipinski definition) is 3. The van der Waals surface area contributed by atoms with Crippen molar-refractivity contribution in [1.82, 2.24) is 4.83 Å². The van der Waals surface area contributed by atoms with Gasteiger partial charge in [0.25, 0.3) is 10.0 Å². The van der Waals surface area contributed by atoms with Crippen LogP contribution in [0.5, 0.6) is 0 Å². The normalized spacial score (nSPS) is 11.8. The van der Waals surface area contributed by atoms with E-state index in [9.17, 15) is 12.8 Å². The minimum Gasteiger partial charge on any atom is -0.205 e. The van der Waals surface area contributed by atoms with Crippen molar-refractivity contribution < 1.29 is 12.8 Å². The van der Waals surface area contributed by atoms with Crippen LogP contribution < -0.4 is 4.83 Å². The van der Waals surface area contributed by atoms with Gasteiger partial charge < -0.3 is 0 Å². The molecule has 0 heterocycles. The van der Waals surface area contributed by atoms with E-state index >= 15 is 0 Å². The summed E-state index contributed by atoms with van der Waals surface area (Å²) in [7, 11) is -3.75. The second-order valence-electron chi connectivity index (χ2n) is 4.31. The molecule has 0 aliphatic heterocycles. The van der Waals surface area contributed by atoms with Gasteiger partial charge in [-0.1, -0.05) is 29.8 Å². The summed E-state index contributed by atoms with van der Waals surface area (Å²) in [4.78, 5) is 2.15. The lowest BCUT2D eigenvalue weighted by Gasteiger charge is -2.04. The number of aryl methyl sites for hydroxylation is 1. The van der Waals surface area contributed by atoms with Gasteiger partial charge in [0.15, 0.2) is 0 Å². The molecule has 0 radical (unpaired) electrons. The molecule has 0 amide bonds. The summed E-state index contributed by atoms with van der Waals surface area (Å²) in [5.41, 5.74) is 1.13. The average Bonchev–Trinajstić information content (AvgIpc) is 2.44. The molecule has 0 aliphatic rings. The molecule has 0 saturated carbocycles. The number of hydrogen-bond donors (Lipinski definition) is 1. The molecular formula is C14H12BrFN2O2S. The van der Waals surface area contributed by atoms with Crippen LogP contribution in [0.15, 0.2) is 56.9 Å². The molecule has 2 rings (SSSR count). The number of rotatable bonds is 4. The predicted octanol–water partition coefficient (Wildman–Crippen LogP) is 3.21. The Morgan fingerprint density at radius 3 is 2.52 bits per heavy atom. The topological polar surface area (TPSA) is 58.5 Å². The fraction of sp³-hybridized carbons (Fsp3) is 0.0714. The van der Waals surface area contributed by atoms with Crippen LogP contribution in [0, 0.1) is 12.7 Å². The summed E-state index contributed by atoms with van der Waals surface area (Å²) >= 11 is 3.05. The standard InChI is InChI=1S/C14H12BrFN2O2S/c1-10-5-7-12(8-6-10)21(19,20)18-17-9-11-3-2-4-13(15)14(11)16/h2-9,18H,1H3/b17-9+. The zero-order valence-electron chi connectivity index (χ0n) is 11.0. The molecule has 0 fully saturated rings. The van der Waals surface area contributed by atoms with Crippen LogP contribution in [0.2, 0.25) is 0 Å². The van der Waals surface area contributed by atoms with Crippen molar-refractivity contribution >= 4 is 32.2 Å². The van der Waals surface area contributed by atoms with Crippen molar-refractivity contribution in [2.45, 2.75) is 11.8 Å². The molecule has 0 unspecified atom stereocenters. The fourth-order valence-electron chi connectivity index (χ4n) is 1.56. The largest absolute Gasteiger partial charge is 0.276 e. The molecule has 0 aliphatic carbocycles. The summed E-state index contributed by atoms with van der Waals surface area (Å²) in [6, 6.07) is 11.0. The zero-order valence-corrected chi connectivity index (χ0v) is 13.4. The van der Waals surface area contributed by atoms with E-state index in [0.29, 0.717) is 0 Å². The molecule has 4 nitrogen and oxygen atoms in total. The Morgan fingerprint density at radius 1 is 1.19 bits per heavy atom. The summed E-state index contributed by atoms with van der Waals surface area (Å²) in [6.07, 6.45) is 1.12. The molecule has 1 N–H and O–H groups in total. The van der Waals surface area contributed by atoms with Crippen LogP contribution in [-0.2, 0) is 10.0 Å². The maximum atomic E-state index is 13.7. The van der Waals surface area contributed by atoms with Gasteiger partial charge in [-0.25, -0.2) is 9.22 Å². The maximum absolute atomic E-state index is 13.7. The van der Waals surface area contributed by atoms with E-state index in [1.807, 2.05) is 11.8 Å². The zero-order chi connectivity index (χ0) is 15.5. The third-order valence-corrected chi connectivity index (χ3v) is 4.54. The molecule has 2 aromatic carbocycles. The number of halogens is 2. The van der Waals surface area contributed by atoms with E-state index in [1.54, 1.807) is 24.3 Å². The molecular weight excluding hydrogens is 359 g/mol. The van der Waals surface area contributed by atoms with Gasteiger partial charge in [0.2, 0.25) is 0 Å². The van der Waals surface area contributed by atoms with Gasteiger partial charge in [-0.2, -0.15) is 13.5 Å². The van der Waals surface area contributed by atoms with Gasteiger partial charge in [-0.3, -0.25) is 0 Å². The summed E-state index contributed by atoms with van der Waals surface area (Å²) < 4.78 is 37.9. The van der Waals surface area contributed by atoms with Crippen LogP contribution in [-0.4, -0.2) is 14.6 Å². The Balaban J connectivity index is 2.16. The summed E-state index contributed by atoms with van der Waals surface area (Å²) in [5, 5.41) is 3.59. The second kappa shape index (κ2) is 6.36. The number of benzene rings is 2. The molecule has 7 heteroatoms. The lowest BCUT2D eigenvalue weighted by molar-refractivity contribution is 0.584. The van der Waals surface area contributed by atoms with E-state index in [0.717, 1.165) is 11.8 Å². The first-order valence-corrected chi connectivity index (χ1v) is 8.23. The van der Waals surface area contributed by atoms with Crippen molar-refractivity contribution in [3.8, 4) is 0 Å². The van der Waals surface area contributed by atoms with Crippen molar-refractivity contribution in [2.24, 2.45) is 5.10 Å². The first-order chi connectivity index (χ1) is 9.90. The van der Waals surface area contributed by atoms with E-state index in [-0.39, 0.29) is 14.9 Å². The van der Waals surface area contributed by atoms with E-state index < -0.39 is 15.8 Å². The smallest absolute Gasteiger partial charge is 0.205 e. The van der Waals surface area contributed by atoms with Crippen molar-refractivity contribution in [3.05, 3.63) is 63.9 Å². The maximum Gasteiger partial charge on any atom is 0.276 e. The van der Waals surface area contributed by atoms with Crippen LogP contribution in [0.1, 0.15) is 11.1 Å². The molecule has 0 atom stereocenters. The highest BCUT2D eigenvalue weighted by Gasteiger charge is 2.12. The van der Waals surface area contributed by atoms with E-state index in [2.05, 4.69) is 21.0 Å². The highest BCUT2D eigenvalue weighted by molar-refractivity contribution is 9.10. The van der Waals surface area contributed by atoms with Crippen LogP contribution in [0.25, 0.3) is 0 Å². The fourth-order valence-corrected chi connectivity index (χ4v) is 2.73. The minimum absolute atomic E-state index is 0.0972. The Morgan fingerprint density at radius 2 is 1.86 bits per heavy atom. The van der Waals surface area contributed by atoms with Gasteiger partial charge in [-0.15, -0.1) is 0 Å². The Hall–Kier alpha value is -1.73. The van der Waals surface area contributed by atoms with Gasteiger partial charge in [0, 0.05) is 5.56 Å². The van der Waals surface area contributed by atoms with Crippen LogP contribution in [0.3, 0.4) is 0 Å². The first kappa shape index (κ1) is 15.7. The van der Waals surface area contributed by atoms with E-state index in [4.69, 9.17) is 0 Å². The third-order valence-electron chi connectivity index (χ3n) is 2.69. The Kier molecular flexibility index (Phi) is 4.74. The van der Waals surface area contributed by atoms with Gasteiger partial charge in [-0.05, 0) is 41.1 Å². The molecule has 110 valence electrons. The summed E-state index contributed by atoms with van der Waals surface area (Å²) in [5.74, 6) is -0.504. The van der Waals surface area contributed by atoms with Gasteiger partial charge in [0.1, 0.15) is 5.82 Å². The Bertz CT molecular complexity index is 774. The lowest BCUT2D eigenvalue weighted by Crippen LogP contribution is -2.18. The highest BCUT2D eigenvalue weighted by atomic mass is 79.9. The lowest BCUT2D eigenvalue weighted by atomic mass is 10.2. The first-order valence-electron chi connectivity index (χ1n) is 5.96. The minimum atomic E-state index is -3.75. The molecule has 0 saturated heterocycles. The number of sulfonamides is 1. The number of nitrogens with one attached hydrogen (secondary N) is 1.